The Morgan fingerprint density at radius 3 is 2.73 bits per heavy atom. The summed E-state index contributed by atoms with van der Waals surface area (Å²) in [5, 5.41) is 7.62. The minimum Gasteiger partial charge on any atom is -0.370 e. The highest BCUT2D eigenvalue weighted by Gasteiger charge is 2.17. The maximum atomic E-state index is 4.15. The molecule has 0 unspecified atom stereocenters. The van der Waals surface area contributed by atoms with E-state index in [0.29, 0.717) is 0 Å². The maximum Gasteiger partial charge on any atom is 0.123 e. The van der Waals surface area contributed by atoms with E-state index in [0.717, 1.165) is 24.2 Å². The zero-order valence-corrected chi connectivity index (χ0v) is 9.74. The van der Waals surface area contributed by atoms with Crippen molar-refractivity contribution in [3.05, 3.63) is 12.3 Å². The van der Waals surface area contributed by atoms with Gasteiger partial charge in [-0.15, -0.1) is 0 Å². The Morgan fingerprint density at radius 2 is 2.13 bits per heavy atom. The number of aryl methyl sites for hydroxylation is 1. The zero-order valence-electron chi connectivity index (χ0n) is 9.74. The van der Waals surface area contributed by atoms with Gasteiger partial charge in [-0.1, -0.05) is 19.8 Å². The second-order valence-electron chi connectivity index (χ2n) is 4.85. The molecule has 1 N–H and O–H groups in total. The molecule has 3 nitrogen and oxygen atoms in total. The number of aromatic nitrogens is 2. The Kier molecular flexibility index (Phi) is 3.29. The van der Waals surface area contributed by atoms with E-state index < -0.39 is 0 Å². The van der Waals surface area contributed by atoms with Gasteiger partial charge in [-0.25, -0.2) is 0 Å². The van der Waals surface area contributed by atoms with Crippen molar-refractivity contribution in [2.75, 3.05) is 11.9 Å². The highest BCUT2D eigenvalue weighted by Crippen LogP contribution is 2.28. The van der Waals surface area contributed by atoms with Gasteiger partial charge >= 0.3 is 0 Å². The van der Waals surface area contributed by atoms with E-state index in [4.69, 9.17) is 0 Å². The molecular formula is C12H21N3. The summed E-state index contributed by atoms with van der Waals surface area (Å²) in [6, 6.07) is 2.03. The first-order valence-corrected chi connectivity index (χ1v) is 5.97. The highest BCUT2D eigenvalue weighted by molar-refractivity contribution is 5.33. The molecule has 1 heterocycles. The number of nitrogens with zero attached hydrogens (tertiary/aromatic N) is 2. The van der Waals surface area contributed by atoms with Crippen LogP contribution in [0.1, 0.15) is 32.6 Å². The van der Waals surface area contributed by atoms with Gasteiger partial charge in [-0.2, -0.15) is 5.10 Å². The lowest BCUT2D eigenvalue weighted by Crippen LogP contribution is -2.21. The third-order valence-corrected chi connectivity index (χ3v) is 3.53. The molecule has 1 aliphatic carbocycles. The molecular weight excluding hydrogens is 186 g/mol. The molecule has 84 valence electrons. The number of rotatable bonds is 3. The SMILES string of the molecule is CC1CCC(CNc2ccnn2C)CC1. The highest BCUT2D eigenvalue weighted by atomic mass is 15.3. The monoisotopic (exact) mass is 207 g/mol. The second-order valence-corrected chi connectivity index (χ2v) is 4.85. The van der Waals surface area contributed by atoms with Crippen LogP contribution in [-0.2, 0) is 7.05 Å². The fourth-order valence-corrected chi connectivity index (χ4v) is 2.33. The smallest absolute Gasteiger partial charge is 0.123 e. The Labute approximate surface area is 91.9 Å². The van der Waals surface area contributed by atoms with E-state index >= 15 is 0 Å². The van der Waals surface area contributed by atoms with Crippen molar-refractivity contribution >= 4 is 5.82 Å². The van der Waals surface area contributed by atoms with Crippen molar-refractivity contribution in [2.45, 2.75) is 32.6 Å². The third-order valence-electron chi connectivity index (χ3n) is 3.53. The fourth-order valence-electron chi connectivity index (χ4n) is 2.33. The number of anilines is 1. The summed E-state index contributed by atoms with van der Waals surface area (Å²) in [7, 11) is 1.98. The van der Waals surface area contributed by atoms with Crippen LogP contribution in [0.2, 0.25) is 0 Å². The van der Waals surface area contributed by atoms with Crippen LogP contribution in [-0.4, -0.2) is 16.3 Å². The maximum absolute atomic E-state index is 4.15. The van der Waals surface area contributed by atoms with E-state index in [-0.39, 0.29) is 0 Å². The summed E-state index contributed by atoms with van der Waals surface area (Å²) in [5.41, 5.74) is 0. The van der Waals surface area contributed by atoms with Gasteiger partial charge < -0.3 is 5.32 Å². The summed E-state index contributed by atoms with van der Waals surface area (Å²) >= 11 is 0. The molecule has 1 aromatic rings. The molecule has 0 bridgehead atoms. The van der Waals surface area contributed by atoms with Crippen molar-refractivity contribution in [1.82, 2.24) is 9.78 Å². The zero-order chi connectivity index (χ0) is 10.7. The van der Waals surface area contributed by atoms with Gasteiger partial charge in [-0.3, -0.25) is 4.68 Å². The van der Waals surface area contributed by atoms with Gasteiger partial charge in [0.1, 0.15) is 5.82 Å². The second kappa shape index (κ2) is 4.69. The number of hydrogen-bond donors (Lipinski definition) is 1. The molecule has 2 rings (SSSR count). The minimum absolute atomic E-state index is 0.857. The van der Waals surface area contributed by atoms with Crippen LogP contribution in [0.25, 0.3) is 0 Å². The van der Waals surface area contributed by atoms with Gasteiger partial charge in [0.15, 0.2) is 0 Å². The van der Waals surface area contributed by atoms with Crippen LogP contribution in [0.5, 0.6) is 0 Å². The predicted molar refractivity (Wildman–Crippen MR) is 62.8 cm³/mol. The van der Waals surface area contributed by atoms with Crippen molar-refractivity contribution in [3.8, 4) is 0 Å². The van der Waals surface area contributed by atoms with E-state index in [1.54, 1.807) is 0 Å². The van der Waals surface area contributed by atoms with Crippen LogP contribution < -0.4 is 5.32 Å². The van der Waals surface area contributed by atoms with Gasteiger partial charge in [0.05, 0.1) is 6.20 Å². The van der Waals surface area contributed by atoms with Gasteiger partial charge in [0.2, 0.25) is 0 Å². The summed E-state index contributed by atoms with van der Waals surface area (Å²) in [5.74, 6) is 2.93. The Morgan fingerprint density at radius 1 is 1.40 bits per heavy atom. The van der Waals surface area contributed by atoms with Crippen LogP contribution in [0.3, 0.4) is 0 Å². The van der Waals surface area contributed by atoms with E-state index in [9.17, 15) is 0 Å². The first-order chi connectivity index (χ1) is 7.25. The van der Waals surface area contributed by atoms with Gasteiger partial charge in [0.25, 0.3) is 0 Å². The normalized spacial score (nSPS) is 26.5. The Balaban J connectivity index is 1.77. The molecule has 0 spiro atoms. The van der Waals surface area contributed by atoms with Gasteiger partial charge in [-0.05, 0) is 24.7 Å². The summed E-state index contributed by atoms with van der Waals surface area (Å²) in [6.45, 7) is 3.47. The molecule has 0 amide bonds. The average Bonchev–Trinajstić information content (AvgIpc) is 2.63. The third kappa shape index (κ3) is 2.74. The molecule has 1 aliphatic rings. The first kappa shape index (κ1) is 10.5. The van der Waals surface area contributed by atoms with Gasteiger partial charge in [0, 0.05) is 19.7 Å². The average molecular weight is 207 g/mol. The van der Waals surface area contributed by atoms with Crippen LogP contribution in [0.15, 0.2) is 12.3 Å². The Hall–Kier alpha value is -0.990. The van der Waals surface area contributed by atoms with Crippen molar-refractivity contribution < 1.29 is 0 Å². The first-order valence-electron chi connectivity index (χ1n) is 5.97. The van der Waals surface area contributed by atoms with E-state index in [1.165, 1.54) is 25.7 Å². The quantitative estimate of drug-likeness (QED) is 0.825. The molecule has 3 heteroatoms. The minimum atomic E-state index is 0.857. The largest absolute Gasteiger partial charge is 0.370 e. The van der Waals surface area contributed by atoms with E-state index in [2.05, 4.69) is 17.3 Å². The number of hydrogen-bond acceptors (Lipinski definition) is 2. The summed E-state index contributed by atoms with van der Waals surface area (Å²) in [6.07, 6.45) is 7.40. The fraction of sp³-hybridized carbons (Fsp3) is 0.750. The lowest BCUT2D eigenvalue weighted by Gasteiger charge is -2.26. The van der Waals surface area contributed by atoms with E-state index in [1.807, 2.05) is 24.0 Å². The molecule has 0 aromatic carbocycles. The predicted octanol–water partition coefficient (Wildman–Crippen LogP) is 2.66. The molecule has 0 atom stereocenters. The molecule has 0 radical (unpaired) electrons. The van der Waals surface area contributed by atoms with Crippen LogP contribution in [0.4, 0.5) is 5.82 Å². The van der Waals surface area contributed by atoms with Crippen molar-refractivity contribution in [3.63, 3.8) is 0 Å². The molecule has 1 fully saturated rings. The lowest BCUT2D eigenvalue weighted by atomic mass is 9.83. The molecule has 1 aromatic heterocycles. The lowest BCUT2D eigenvalue weighted by molar-refractivity contribution is 0.300. The molecule has 1 saturated carbocycles. The van der Waals surface area contributed by atoms with Crippen LogP contribution >= 0.6 is 0 Å². The Bertz CT molecular complexity index is 298. The molecule has 0 aliphatic heterocycles. The van der Waals surface area contributed by atoms with Crippen molar-refractivity contribution in [2.24, 2.45) is 18.9 Å². The topological polar surface area (TPSA) is 29.9 Å². The standard InChI is InChI=1S/C12H21N3/c1-10-3-5-11(6-4-10)9-13-12-7-8-14-15(12)2/h7-8,10-11,13H,3-6,9H2,1-2H3. The molecule has 15 heavy (non-hydrogen) atoms. The van der Waals surface area contributed by atoms with Crippen molar-refractivity contribution in [1.29, 1.82) is 0 Å². The summed E-state index contributed by atoms with van der Waals surface area (Å²) in [4.78, 5) is 0. The summed E-state index contributed by atoms with van der Waals surface area (Å²) < 4.78 is 1.89. The number of nitrogens with one attached hydrogen (secondary N) is 1. The van der Waals surface area contributed by atoms with Crippen LogP contribution in [0, 0.1) is 11.8 Å². The molecule has 0 saturated heterocycles.